The van der Waals surface area contributed by atoms with Gasteiger partial charge < -0.3 is 10.5 Å². The van der Waals surface area contributed by atoms with Gasteiger partial charge in [0, 0.05) is 13.2 Å². The number of ether oxygens (including phenoxy) is 1. The summed E-state index contributed by atoms with van der Waals surface area (Å²) in [6.45, 7) is 4.17. The molecule has 0 saturated heterocycles. The molecule has 2 N–H and O–H groups in total. The first-order valence-corrected chi connectivity index (χ1v) is 5.53. The van der Waals surface area contributed by atoms with Crippen LogP contribution in [0.15, 0.2) is 24.3 Å². The average molecular weight is 207 g/mol. The molecule has 0 radical (unpaired) electrons. The number of hydrogen-bond donors (Lipinski definition) is 1. The van der Waals surface area contributed by atoms with Crippen LogP contribution in [-0.2, 0) is 17.6 Å². The van der Waals surface area contributed by atoms with Crippen LogP contribution in [0.25, 0.3) is 0 Å². The van der Waals surface area contributed by atoms with Crippen LogP contribution < -0.4 is 5.73 Å². The first-order valence-electron chi connectivity index (χ1n) is 5.53. The van der Waals surface area contributed by atoms with Gasteiger partial charge in [0.15, 0.2) is 0 Å². The minimum absolute atomic E-state index is 0.0717. The van der Waals surface area contributed by atoms with Crippen LogP contribution in [0.3, 0.4) is 0 Å². The average Bonchev–Trinajstić information content (AvgIpc) is 2.29. The quantitative estimate of drug-likeness (QED) is 0.803. The Balaban J connectivity index is 2.57. The lowest BCUT2D eigenvalue weighted by Crippen LogP contribution is -2.35. The summed E-state index contributed by atoms with van der Waals surface area (Å²) >= 11 is 0. The molecule has 84 valence electrons. The molecule has 0 bridgehead atoms. The zero-order valence-electron chi connectivity index (χ0n) is 9.86. The van der Waals surface area contributed by atoms with Gasteiger partial charge in [0.05, 0.1) is 6.10 Å². The predicted octanol–water partition coefficient (Wildman–Crippen LogP) is 2.15. The van der Waals surface area contributed by atoms with E-state index in [9.17, 15) is 0 Å². The summed E-state index contributed by atoms with van der Waals surface area (Å²) in [7, 11) is 1.70. The SMILES string of the molecule is CCc1ccc(CC(N)C(C)OC)cc1. The Hall–Kier alpha value is -0.860. The molecule has 1 rings (SSSR count). The number of hydrogen-bond acceptors (Lipinski definition) is 2. The first kappa shape index (κ1) is 12.2. The Labute approximate surface area is 92.4 Å². The molecule has 0 fully saturated rings. The van der Waals surface area contributed by atoms with E-state index >= 15 is 0 Å². The van der Waals surface area contributed by atoms with Crippen molar-refractivity contribution in [2.75, 3.05) is 7.11 Å². The van der Waals surface area contributed by atoms with E-state index in [0.717, 1.165) is 12.8 Å². The summed E-state index contributed by atoms with van der Waals surface area (Å²) in [5.41, 5.74) is 8.65. The molecule has 2 atom stereocenters. The van der Waals surface area contributed by atoms with Crippen molar-refractivity contribution in [3.05, 3.63) is 35.4 Å². The monoisotopic (exact) mass is 207 g/mol. The molecular formula is C13H21NO. The number of nitrogens with two attached hydrogens (primary N) is 1. The number of rotatable bonds is 5. The summed E-state index contributed by atoms with van der Waals surface area (Å²) in [4.78, 5) is 0. The molecule has 0 aliphatic rings. The predicted molar refractivity (Wildman–Crippen MR) is 64.0 cm³/mol. The third-order valence-corrected chi connectivity index (χ3v) is 2.88. The molecule has 2 nitrogen and oxygen atoms in total. The van der Waals surface area contributed by atoms with Gasteiger partial charge in [-0.1, -0.05) is 31.2 Å². The number of methoxy groups -OCH3 is 1. The molecule has 2 unspecified atom stereocenters. The van der Waals surface area contributed by atoms with Crippen LogP contribution in [0.1, 0.15) is 25.0 Å². The second kappa shape index (κ2) is 5.89. The highest BCUT2D eigenvalue weighted by molar-refractivity contribution is 5.23. The fourth-order valence-electron chi connectivity index (χ4n) is 1.52. The highest BCUT2D eigenvalue weighted by Gasteiger charge is 2.11. The van der Waals surface area contributed by atoms with Crippen molar-refractivity contribution in [3.8, 4) is 0 Å². The molecule has 0 aliphatic heterocycles. The lowest BCUT2D eigenvalue weighted by Gasteiger charge is -2.18. The van der Waals surface area contributed by atoms with Crippen molar-refractivity contribution in [2.24, 2.45) is 5.73 Å². The van der Waals surface area contributed by atoms with Crippen LogP contribution in [0.4, 0.5) is 0 Å². The maximum atomic E-state index is 6.01. The lowest BCUT2D eigenvalue weighted by atomic mass is 10.0. The summed E-state index contributed by atoms with van der Waals surface area (Å²) in [5, 5.41) is 0. The maximum absolute atomic E-state index is 6.01. The Morgan fingerprint density at radius 2 is 1.73 bits per heavy atom. The summed E-state index contributed by atoms with van der Waals surface area (Å²) in [6.07, 6.45) is 2.07. The topological polar surface area (TPSA) is 35.2 Å². The van der Waals surface area contributed by atoms with Gasteiger partial charge in [0.25, 0.3) is 0 Å². The molecule has 0 saturated carbocycles. The van der Waals surface area contributed by atoms with Crippen molar-refractivity contribution < 1.29 is 4.74 Å². The third kappa shape index (κ3) is 3.65. The summed E-state index contributed by atoms with van der Waals surface area (Å²) in [6, 6.07) is 8.71. The second-order valence-electron chi connectivity index (χ2n) is 3.98. The van der Waals surface area contributed by atoms with Crippen molar-refractivity contribution in [1.29, 1.82) is 0 Å². The van der Waals surface area contributed by atoms with Gasteiger partial charge in [-0.15, -0.1) is 0 Å². The molecule has 0 spiro atoms. The van der Waals surface area contributed by atoms with E-state index in [4.69, 9.17) is 10.5 Å². The summed E-state index contributed by atoms with van der Waals surface area (Å²) < 4.78 is 5.20. The molecule has 0 aliphatic carbocycles. The largest absolute Gasteiger partial charge is 0.380 e. The van der Waals surface area contributed by atoms with Crippen LogP contribution in [0.5, 0.6) is 0 Å². The molecular weight excluding hydrogens is 186 g/mol. The number of benzene rings is 1. The van der Waals surface area contributed by atoms with E-state index in [1.54, 1.807) is 7.11 Å². The van der Waals surface area contributed by atoms with Gasteiger partial charge in [-0.3, -0.25) is 0 Å². The van der Waals surface area contributed by atoms with Gasteiger partial charge in [-0.05, 0) is 30.9 Å². The van der Waals surface area contributed by atoms with E-state index in [-0.39, 0.29) is 12.1 Å². The minimum Gasteiger partial charge on any atom is -0.380 e. The molecule has 0 amide bonds. The Morgan fingerprint density at radius 1 is 1.20 bits per heavy atom. The lowest BCUT2D eigenvalue weighted by molar-refractivity contribution is 0.0956. The smallest absolute Gasteiger partial charge is 0.0697 e. The zero-order chi connectivity index (χ0) is 11.3. The highest BCUT2D eigenvalue weighted by atomic mass is 16.5. The highest BCUT2D eigenvalue weighted by Crippen LogP contribution is 2.09. The fourth-order valence-corrected chi connectivity index (χ4v) is 1.52. The van der Waals surface area contributed by atoms with Crippen molar-refractivity contribution >= 4 is 0 Å². The fraction of sp³-hybridized carbons (Fsp3) is 0.538. The van der Waals surface area contributed by atoms with Crippen molar-refractivity contribution in [3.63, 3.8) is 0 Å². The van der Waals surface area contributed by atoms with Crippen LogP contribution in [-0.4, -0.2) is 19.3 Å². The third-order valence-electron chi connectivity index (χ3n) is 2.88. The summed E-state index contributed by atoms with van der Waals surface area (Å²) in [5.74, 6) is 0. The standard InChI is InChI=1S/C13H21NO/c1-4-11-5-7-12(8-6-11)9-13(14)10(2)15-3/h5-8,10,13H,4,9,14H2,1-3H3. The number of aryl methyl sites for hydroxylation is 1. The van der Waals surface area contributed by atoms with Crippen LogP contribution >= 0.6 is 0 Å². The molecule has 0 heterocycles. The first-order chi connectivity index (χ1) is 7.17. The van der Waals surface area contributed by atoms with Gasteiger partial charge in [0.2, 0.25) is 0 Å². The minimum atomic E-state index is 0.0717. The Bertz CT molecular complexity index is 281. The van der Waals surface area contributed by atoms with Crippen LogP contribution in [0, 0.1) is 0 Å². The molecule has 1 aromatic carbocycles. The van der Waals surface area contributed by atoms with Gasteiger partial charge in [-0.25, -0.2) is 0 Å². The van der Waals surface area contributed by atoms with E-state index in [1.165, 1.54) is 11.1 Å². The molecule has 0 aromatic heterocycles. The van der Waals surface area contributed by atoms with Crippen molar-refractivity contribution in [1.82, 2.24) is 0 Å². The van der Waals surface area contributed by atoms with Gasteiger partial charge in [-0.2, -0.15) is 0 Å². The van der Waals surface area contributed by atoms with Gasteiger partial charge >= 0.3 is 0 Å². The second-order valence-corrected chi connectivity index (χ2v) is 3.98. The normalized spacial score (nSPS) is 14.9. The molecule has 1 aromatic rings. The maximum Gasteiger partial charge on any atom is 0.0697 e. The van der Waals surface area contributed by atoms with Crippen LogP contribution in [0.2, 0.25) is 0 Å². The Morgan fingerprint density at radius 3 is 2.20 bits per heavy atom. The molecule has 15 heavy (non-hydrogen) atoms. The molecule has 2 heteroatoms. The van der Waals surface area contributed by atoms with E-state index in [0.29, 0.717) is 0 Å². The van der Waals surface area contributed by atoms with Crippen molar-refractivity contribution in [2.45, 2.75) is 38.8 Å². The van der Waals surface area contributed by atoms with E-state index in [1.807, 2.05) is 6.92 Å². The Kier molecular flexibility index (Phi) is 4.79. The zero-order valence-corrected chi connectivity index (χ0v) is 9.86. The van der Waals surface area contributed by atoms with E-state index in [2.05, 4.69) is 31.2 Å². The van der Waals surface area contributed by atoms with Gasteiger partial charge in [0.1, 0.15) is 0 Å². The van der Waals surface area contributed by atoms with E-state index < -0.39 is 0 Å².